The van der Waals surface area contributed by atoms with E-state index in [-0.39, 0.29) is 23.1 Å². The number of hydrogen-bond acceptors (Lipinski definition) is 6. The minimum absolute atomic E-state index is 0.0405. The zero-order valence-corrected chi connectivity index (χ0v) is 16.8. The molecule has 0 spiro atoms. The maximum absolute atomic E-state index is 12.6. The highest BCUT2D eigenvalue weighted by molar-refractivity contribution is 7.91. The molecular weight excluding hydrogens is 364 g/mol. The van der Waals surface area contributed by atoms with Gasteiger partial charge >= 0.3 is 0 Å². The van der Waals surface area contributed by atoms with Gasteiger partial charge in [-0.05, 0) is 39.1 Å². The average molecular weight is 391 g/mol. The van der Waals surface area contributed by atoms with E-state index in [2.05, 4.69) is 5.32 Å². The summed E-state index contributed by atoms with van der Waals surface area (Å²) in [6.07, 6.45) is 2.01. The van der Waals surface area contributed by atoms with Crippen LogP contribution in [0.3, 0.4) is 0 Å². The van der Waals surface area contributed by atoms with Gasteiger partial charge in [-0.3, -0.25) is 4.79 Å². The lowest BCUT2D eigenvalue weighted by Crippen LogP contribution is -2.37. The highest BCUT2D eigenvalue weighted by atomic mass is 32.2. The number of likely N-dealkylation sites (N-methyl/N-ethyl adjacent to an activating group) is 1. The van der Waals surface area contributed by atoms with Crippen LogP contribution < -0.4 is 5.32 Å². The van der Waals surface area contributed by atoms with Crippen LogP contribution in [-0.2, 0) is 14.6 Å². The summed E-state index contributed by atoms with van der Waals surface area (Å²) in [5.41, 5.74) is 1.50. The van der Waals surface area contributed by atoms with Crippen molar-refractivity contribution in [3.8, 4) is 6.07 Å². The molecule has 1 N–H and O–H groups in total. The van der Waals surface area contributed by atoms with Crippen LogP contribution in [-0.4, -0.2) is 68.9 Å². The molecule has 0 aliphatic carbocycles. The monoisotopic (exact) mass is 390 g/mol. The first-order valence-electron chi connectivity index (χ1n) is 8.81. The number of carbonyl (C=O) groups is 1. The number of benzene rings is 1. The van der Waals surface area contributed by atoms with Gasteiger partial charge in [-0.2, -0.15) is 5.26 Å². The first-order valence-corrected chi connectivity index (χ1v) is 10.6. The summed E-state index contributed by atoms with van der Waals surface area (Å²) in [6, 6.07) is 9.06. The van der Waals surface area contributed by atoms with E-state index >= 15 is 0 Å². The first kappa shape index (κ1) is 20.9. The minimum Gasteiger partial charge on any atom is -0.371 e. The lowest BCUT2D eigenvalue weighted by molar-refractivity contribution is -0.112. The molecule has 1 heterocycles. The topological polar surface area (TPSA) is 93.5 Å². The van der Waals surface area contributed by atoms with Gasteiger partial charge in [0.05, 0.1) is 11.5 Å². The highest BCUT2D eigenvalue weighted by Crippen LogP contribution is 2.20. The van der Waals surface area contributed by atoms with Gasteiger partial charge in [0, 0.05) is 31.0 Å². The smallest absolute Gasteiger partial charge is 0.267 e. The standard InChI is InChI=1S/C19H26N4O3S/c1-15-6-4-5-7-18(15)21-19(24)16(12-20)13-23(10-9-22(2)3)17-8-11-27(25,26)14-17/h4-7,13,17H,8-11,14H2,1-3H3,(H,21,24)/b16-13-. The van der Waals surface area contributed by atoms with Gasteiger partial charge in [-0.1, -0.05) is 18.2 Å². The van der Waals surface area contributed by atoms with Gasteiger partial charge < -0.3 is 15.1 Å². The zero-order chi connectivity index (χ0) is 20.0. The second kappa shape index (κ2) is 9.02. The molecule has 2 rings (SSSR count). The van der Waals surface area contributed by atoms with Crippen molar-refractivity contribution in [1.29, 1.82) is 5.26 Å². The van der Waals surface area contributed by atoms with Gasteiger partial charge in [0.25, 0.3) is 5.91 Å². The third kappa shape index (κ3) is 6.08. The van der Waals surface area contributed by atoms with E-state index in [1.807, 2.05) is 55.1 Å². The Morgan fingerprint density at radius 3 is 2.59 bits per heavy atom. The number of nitrogens with zero attached hydrogens (tertiary/aromatic N) is 3. The second-order valence-electron chi connectivity index (χ2n) is 7.02. The van der Waals surface area contributed by atoms with Gasteiger partial charge in [0.1, 0.15) is 11.6 Å². The molecule has 1 saturated heterocycles. The van der Waals surface area contributed by atoms with Crippen LogP contribution in [0.1, 0.15) is 12.0 Å². The van der Waals surface area contributed by atoms with E-state index in [9.17, 15) is 18.5 Å². The van der Waals surface area contributed by atoms with Gasteiger partial charge in [-0.25, -0.2) is 8.42 Å². The summed E-state index contributed by atoms with van der Waals surface area (Å²) >= 11 is 0. The van der Waals surface area contributed by atoms with Crippen LogP contribution in [0.2, 0.25) is 0 Å². The fourth-order valence-corrected chi connectivity index (χ4v) is 4.65. The van der Waals surface area contributed by atoms with Crippen LogP contribution >= 0.6 is 0 Å². The Morgan fingerprint density at radius 2 is 2.04 bits per heavy atom. The van der Waals surface area contributed by atoms with Gasteiger partial charge in [0.15, 0.2) is 9.84 Å². The summed E-state index contributed by atoms with van der Waals surface area (Å²) in [7, 11) is 0.776. The normalized spacial score (nSPS) is 18.9. The molecule has 146 valence electrons. The Balaban J connectivity index is 2.21. The van der Waals surface area contributed by atoms with Crippen molar-refractivity contribution in [1.82, 2.24) is 9.80 Å². The molecule has 1 aromatic carbocycles. The van der Waals surface area contributed by atoms with Crippen LogP contribution in [0.5, 0.6) is 0 Å². The number of para-hydroxylation sites is 1. The summed E-state index contributed by atoms with van der Waals surface area (Å²) in [6.45, 7) is 3.10. The van der Waals surface area contributed by atoms with E-state index < -0.39 is 15.7 Å². The SMILES string of the molecule is Cc1ccccc1NC(=O)/C(C#N)=C\N(CCN(C)C)C1CCS(=O)(=O)C1. The lowest BCUT2D eigenvalue weighted by atomic mass is 10.1. The molecule has 7 nitrogen and oxygen atoms in total. The Labute approximate surface area is 161 Å². The number of carbonyl (C=O) groups excluding carboxylic acids is 1. The summed E-state index contributed by atoms with van der Waals surface area (Å²) in [5, 5.41) is 12.2. The van der Waals surface area contributed by atoms with Crippen molar-refractivity contribution in [2.45, 2.75) is 19.4 Å². The molecule has 27 heavy (non-hydrogen) atoms. The largest absolute Gasteiger partial charge is 0.371 e. The fraction of sp³-hybridized carbons (Fsp3) is 0.474. The number of anilines is 1. The molecule has 1 aromatic rings. The van der Waals surface area contributed by atoms with Crippen LogP contribution in [0.4, 0.5) is 5.69 Å². The number of aryl methyl sites for hydroxylation is 1. The van der Waals surface area contributed by atoms with Gasteiger partial charge in [0.2, 0.25) is 0 Å². The number of nitrogens with one attached hydrogen (secondary N) is 1. The van der Waals surface area contributed by atoms with Crippen LogP contribution in [0.25, 0.3) is 0 Å². The Morgan fingerprint density at radius 1 is 1.33 bits per heavy atom. The van der Waals surface area contributed by atoms with Crippen molar-refractivity contribution >= 4 is 21.4 Å². The van der Waals surface area contributed by atoms with Crippen molar-refractivity contribution in [2.75, 3.05) is 44.0 Å². The number of rotatable bonds is 7. The number of hydrogen-bond donors (Lipinski definition) is 1. The third-order valence-electron chi connectivity index (χ3n) is 4.54. The molecule has 0 radical (unpaired) electrons. The molecule has 1 unspecified atom stereocenters. The van der Waals surface area contributed by atoms with E-state index in [1.165, 1.54) is 6.20 Å². The van der Waals surface area contributed by atoms with Crippen molar-refractivity contribution in [3.63, 3.8) is 0 Å². The molecule has 1 atom stereocenters. The van der Waals surface area contributed by atoms with Gasteiger partial charge in [-0.15, -0.1) is 0 Å². The van der Waals surface area contributed by atoms with Crippen LogP contribution in [0, 0.1) is 18.3 Å². The van der Waals surface area contributed by atoms with E-state index in [4.69, 9.17) is 0 Å². The molecule has 8 heteroatoms. The number of nitriles is 1. The van der Waals surface area contributed by atoms with E-state index in [0.717, 1.165) is 5.56 Å². The first-order chi connectivity index (χ1) is 12.7. The van der Waals surface area contributed by atoms with E-state index in [0.29, 0.717) is 25.2 Å². The quantitative estimate of drug-likeness (QED) is 0.559. The zero-order valence-electron chi connectivity index (χ0n) is 16.0. The Hall–Kier alpha value is -2.37. The van der Waals surface area contributed by atoms with Crippen molar-refractivity contribution < 1.29 is 13.2 Å². The molecule has 1 fully saturated rings. The highest BCUT2D eigenvalue weighted by Gasteiger charge is 2.31. The fourth-order valence-electron chi connectivity index (χ4n) is 2.91. The van der Waals surface area contributed by atoms with Crippen molar-refractivity contribution in [3.05, 3.63) is 41.6 Å². The predicted octanol–water partition coefficient (Wildman–Crippen LogP) is 1.39. The van der Waals surface area contributed by atoms with Crippen LogP contribution in [0.15, 0.2) is 36.0 Å². The van der Waals surface area contributed by atoms with E-state index in [1.54, 1.807) is 6.07 Å². The summed E-state index contributed by atoms with van der Waals surface area (Å²) in [5.74, 6) is -0.307. The minimum atomic E-state index is -3.06. The molecule has 1 amide bonds. The number of amides is 1. The molecule has 1 aliphatic heterocycles. The maximum atomic E-state index is 12.6. The Bertz CT molecular complexity index is 856. The third-order valence-corrected chi connectivity index (χ3v) is 6.29. The molecule has 0 saturated carbocycles. The molecular formula is C19H26N4O3S. The molecule has 0 bridgehead atoms. The summed E-state index contributed by atoms with van der Waals surface area (Å²) in [4.78, 5) is 16.4. The number of sulfone groups is 1. The summed E-state index contributed by atoms with van der Waals surface area (Å²) < 4.78 is 23.7. The molecule has 0 aromatic heterocycles. The average Bonchev–Trinajstić information content (AvgIpc) is 2.96. The Kier molecular flexibility index (Phi) is 6.99. The lowest BCUT2D eigenvalue weighted by Gasteiger charge is -2.28. The second-order valence-corrected chi connectivity index (χ2v) is 9.25. The molecule has 1 aliphatic rings. The maximum Gasteiger partial charge on any atom is 0.267 e. The van der Waals surface area contributed by atoms with Crippen molar-refractivity contribution in [2.24, 2.45) is 0 Å². The predicted molar refractivity (Wildman–Crippen MR) is 106 cm³/mol.